The van der Waals surface area contributed by atoms with Crippen LogP contribution in [0.25, 0.3) is 11.0 Å². The fraction of sp³-hybridized carbons (Fsp3) is 0.316. The summed E-state index contributed by atoms with van der Waals surface area (Å²) in [5, 5.41) is 34.3. The third-order valence-corrected chi connectivity index (χ3v) is 5.65. The Morgan fingerprint density at radius 3 is 2.54 bits per heavy atom. The number of fused-ring (bicyclic) bond motifs is 1. The Bertz CT molecular complexity index is 1010. The van der Waals surface area contributed by atoms with Crippen molar-refractivity contribution in [1.29, 1.82) is 0 Å². The molecule has 0 saturated carbocycles. The first-order valence-corrected chi connectivity index (χ1v) is 9.48. The normalized spacial score (nSPS) is 27.4. The van der Waals surface area contributed by atoms with Gasteiger partial charge in [0.05, 0.1) is 28.2 Å². The molecule has 1 aliphatic rings. The summed E-state index contributed by atoms with van der Waals surface area (Å²) in [6.45, 7) is 1.97. The molecule has 7 nitrogen and oxygen atoms in total. The standard InChI is InChI=1S/C19H19Cl2N3O4/c1-10-16(25)17(26)19(27,28-10)23-18-22-15-13(8-7-12(20)14(15)21)24(18)9-11-5-3-2-4-6-11/h2-8,10,16-17,25-27H,9H2,1H3,(H,22,23)/t10-,16-,17-,19-/m1/s1. The summed E-state index contributed by atoms with van der Waals surface area (Å²) in [6, 6.07) is 13.1. The maximum atomic E-state index is 10.7. The predicted molar refractivity (Wildman–Crippen MR) is 106 cm³/mol. The lowest BCUT2D eigenvalue weighted by molar-refractivity contribution is -0.205. The third-order valence-electron chi connectivity index (χ3n) is 4.86. The molecule has 4 N–H and O–H groups in total. The van der Waals surface area contributed by atoms with Crippen LogP contribution in [-0.2, 0) is 11.3 Å². The summed E-state index contributed by atoms with van der Waals surface area (Å²) in [4.78, 5) is 4.47. The highest BCUT2D eigenvalue weighted by Gasteiger charge is 2.52. The molecule has 0 radical (unpaired) electrons. The van der Waals surface area contributed by atoms with Gasteiger partial charge in [0.15, 0.2) is 6.10 Å². The molecule has 1 aliphatic heterocycles. The van der Waals surface area contributed by atoms with Gasteiger partial charge < -0.3 is 29.9 Å². The molecule has 4 atom stereocenters. The Balaban J connectivity index is 1.81. The van der Waals surface area contributed by atoms with Gasteiger partial charge in [0.2, 0.25) is 5.95 Å². The number of rotatable bonds is 4. The quantitative estimate of drug-likeness (QED) is 0.481. The zero-order chi connectivity index (χ0) is 20.1. The van der Waals surface area contributed by atoms with Crippen LogP contribution in [0.5, 0.6) is 0 Å². The van der Waals surface area contributed by atoms with Crippen LogP contribution in [0.1, 0.15) is 12.5 Å². The van der Waals surface area contributed by atoms with Crippen LogP contribution in [0, 0.1) is 0 Å². The van der Waals surface area contributed by atoms with Crippen molar-refractivity contribution in [3.8, 4) is 0 Å². The van der Waals surface area contributed by atoms with Crippen LogP contribution in [0.15, 0.2) is 42.5 Å². The smallest absolute Gasteiger partial charge is 0.279 e. The summed E-state index contributed by atoms with van der Waals surface area (Å²) in [7, 11) is 0. The number of benzene rings is 2. The van der Waals surface area contributed by atoms with Crippen molar-refractivity contribution in [2.75, 3.05) is 5.32 Å². The zero-order valence-electron chi connectivity index (χ0n) is 14.9. The number of anilines is 1. The van der Waals surface area contributed by atoms with Crippen molar-refractivity contribution < 1.29 is 20.1 Å². The van der Waals surface area contributed by atoms with E-state index in [0.717, 1.165) is 5.56 Å². The Hall–Kier alpha value is -1.87. The summed E-state index contributed by atoms with van der Waals surface area (Å²) < 4.78 is 7.15. The van der Waals surface area contributed by atoms with Crippen LogP contribution >= 0.6 is 23.2 Å². The molecule has 2 heterocycles. The Morgan fingerprint density at radius 2 is 1.89 bits per heavy atom. The number of aromatic nitrogens is 2. The van der Waals surface area contributed by atoms with Crippen LogP contribution in [0.3, 0.4) is 0 Å². The van der Waals surface area contributed by atoms with Gasteiger partial charge in [0, 0.05) is 0 Å². The average Bonchev–Trinajstić information content (AvgIpc) is 3.10. The lowest BCUT2D eigenvalue weighted by atomic mass is 10.1. The first-order valence-electron chi connectivity index (χ1n) is 8.73. The molecular weight excluding hydrogens is 405 g/mol. The van der Waals surface area contributed by atoms with Crippen LogP contribution in [0.4, 0.5) is 5.95 Å². The van der Waals surface area contributed by atoms with E-state index in [1.807, 2.05) is 30.3 Å². The Morgan fingerprint density at radius 1 is 1.18 bits per heavy atom. The highest BCUT2D eigenvalue weighted by Crippen LogP contribution is 2.35. The van der Waals surface area contributed by atoms with Gasteiger partial charge in [0.1, 0.15) is 11.6 Å². The van der Waals surface area contributed by atoms with E-state index in [9.17, 15) is 15.3 Å². The zero-order valence-corrected chi connectivity index (χ0v) is 16.4. The minimum Gasteiger partial charge on any atom is -0.387 e. The largest absolute Gasteiger partial charge is 0.387 e. The maximum absolute atomic E-state index is 10.7. The molecule has 0 spiro atoms. The Kier molecular flexibility index (Phi) is 4.99. The van der Waals surface area contributed by atoms with Crippen molar-refractivity contribution >= 4 is 40.2 Å². The summed E-state index contributed by atoms with van der Waals surface area (Å²) >= 11 is 12.4. The van der Waals surface area contributed by atoms with Gasteiger partial charge in [-0.2, -0.15) is 0 Å². The van der Waals surface area contributed by atoms with Crippen molar-refractivity contribution in [2.45, 2.75) is 37.7 Å². The number of aliphatic hydroxyl groups excluding tert-OH is 2. The summed E-state index contributed by atoms with van der Waals surface area (Å²) in [6.07, 6.45) is -3.58. The Labute approximate surface area is 171 Å². The van der Waals surface area contributed by atoms with Gasteiger partial charge in [0.25, 0.3) is 5.91 Å². The lowest BCUT2D eigenvalue weighted by Gasteiger charge is -2.27. The molecule has 1 aromatic heterocycles. The number of aliphatic hydroxyl groups is 3. The fourth-order valence-electron chi connectivity index (χ4n) is 3.33. The maximum Gasteiger partial charge on any atom is 0.279 e. The minimum absolute atomic E-state index is 0.214. The molecule has 1 fully saturated rings. The number of nitrogens with one attached hydrogen (secondary N) is 1. The van der Waals surface area contributed by atoms with Crippen LogP contribution in [-0.4, -0.2) is 49.1 Å². The molecule has 0 bridgehead atoms. The molecule has 0 unspecified atom stereocenters. The SMILES string of the molecule is C[C@H]1O[C@@](O)(Nc2nc3c(Cl)c(Cl)ccc3n2Cc2ccccc2)[C@H](O)[C@@H]1O. The molecule has 9 heteroatoms. The van der Waals surface area contributed by atoms with Gasteiger partial charge >= 0.3 is 0 Å². The first-order chi connectivity index (χ1) is 13.3. The van der Waals surface area contributed by atoms with Gasteiger partial charge in [-0.05, 0) is 24.6 Å². The van der Waals surface area contributed by atoms with Crippen LogP contribution < -0.4 is 5.32 Å². The third kappa shape index (κ3) is 3.24. The van der Waals surface area contributed by atoms with Gasteiger partial charge in [-0.1, -0.05) is 53.5 Å². The van der Waals surface area contributed by atoms with E-state index < -0.39 is 24.2 Å². The van der Waals surface area contributed by atoms with Crippen molar-refractivity contribution in [1.82, 2.24) is 9.55 Å². The second-order valence-corrected chi connectivity index (χ2v) is 7.60. The van der Waals surface area contributed by atoms with Gasteiger partial charge in [-0.15, -0.1) is 0 Å². The average molecular weight is 424 g/mol. The van der Waals surface area contributed by atoms with E-state index in [0.29, 0.717) is 22.6 Å². The molecule has 3 aromatic rings. The molecule has 28 heavy (non-hydrogen) atoms. The fourth-order valence-corrected chi connectivity index (χ4v) is 3.68. The second kappa shape index (κ2) is 7.18. The molecule has 148 valence electrons. The van der Waals surface area contributed by atoms with Crippen molar-refractivity contribution in [3.05, 3.63) is 58.1 Å². The first kappa shape index (κ1) is 19.4. The van der Waals surface area contributed by atoms with E-state index in [4.69, 9.17) is 27.9 Å². The van der Waals surface area contributed by atoms with E-state index in [-0.39, 0.29) is 11.0 Å². The van der Waals surface area contributed by atoms with E-state index >= 15 is 0 Å². The van der Waals surface area contributed by atoms with E-state index in [1.54, 1.807) is 23.6 Å². The number of hydrogen-bond acceptors (Lipinski definition) is 6. The number of hydrogen-bond donors (Lipinski definition) is 4. The van der Waals surface area contributed by atoms with Crippen molar-refractivity contribution in [3.63, 3.8) is 0 Å². The molecule has 2 aromatic carbocycles. The molecule has 1 saturated heterocycles. The van der Waals surface area contributed by atoms with Crippen LogP contribution in [0.2, 0.25) is 10.0 Å². The molecule has 4 rings (SSSR count). The van der Waals surface area contributed by atoms with Gasteiger partial charge in [-0.3, -0.25) is 0 Å². The number of ether oxygens (including phenoxy) is 1. The predicted octanol–water partition coefficient (Wildman–Crippen LogP) is 2.59. The molecular formula is C19H19Cl2N3O4. The number of imidazole rings is 1. The lowest BCUT2D eigenvalue weighted by Crippen LogP contribution is -2.50. The molecule has 0 aliphatic carbocycles. The summed E-state index contributed by atoms with van der Waals surface area (Å²) in [5.74, 6) is -1.99. The minimum atomic E-state index is -2.20. The number of nitrogens with zero attached hydrogens (tertiary/aromatic N) is 2. The second-order valence-electron chi connectivity index (χ2n) is 6.82. The molecule has 0 amide bonds. The van der Waals surface area contributed by atoms with E-state index in [1.165, 1.54) is 0 Å². The van der Waals surface area contributed by atoms with Gasteiger partial charge in [-0.25, -0.2) is 4.98 Å². The highest BCUT2D eigenvalue weighted by atomic mass is 35.5. The highest BCUT2D eigenvalue weighted by molar-refractivity contribution is 6.45. The van der Waals surface area contributed by atoms with Crippen molar-refractivity contribution in [2.24, 2.45) is 0 Å². The monoisotopic (exact) mass is 423 g/mol. The summed E-state index contributed by atoms with van der Waals surface area (Å²) in [5.41, 5.74) is 2.12. The topological polar surface area (TPSA) is 99.8 Å². The van der Waals surface area contributed by atoms with E-state index in [2.05, 4.69) is 10.3 Å². The number of halogens is 2.